The van der Waals surface area contributed by atoms with Crippen molar-refractivity contribution in [3.05, 3.63) is 52.4 Å². The first kappa shape index (κ1) is 14.6. The molecule has 0 fully saturated rings. The number of aromatic nitrogens is 2. The van der Waals surface area contributed by atoms with Gasteiger partial charge >= 0.3 is 6.18 Å². The summed E-state index contributed by atoms with van der Waals surface area (Å²) in [5.74, 6) is 0.207. The highest BCUT2D eigenvalue weighted by Gasteiger charge is 2.33. The highest BCUT2D eigenvalue weighted by molar-refractivity contribution is 6.30. The first-order valence-electron chi connectivity index (χ1n) is 5.76. The molecule has 0 amide bonds. The summed E-state index contributed by atoms with van der Waals surface area (Å²) in [6.45, 7) is 1.77. The van der Waals surface area contributed by atoms with E-state index in [1.807, 2.05) is 0 Å². The number of hydrogen-bond acceptors (Lipinski definition) is 3. The minimum absolute atomic E-state index is 0.0680. The number of alkyl halides is 3. The van der Waals surface area contributed by atoms with Gasteiger partial charge in [0.1, 0.15) is 17.3 Å². The molecule has 1 heterocycles. The summed E-state index contributed by atoms with van der Waals surface area (Å²) in [5.41, 5.74) is -0.0668. The van der Waals surface area contributed by atoms with Crippen molar-refractivity contribution in [3.8, 4) is 0 Å². The van der Waals surface area contributed by atoms with Gasteiger partial charge < -0.3 is 5.32 Å². The molecule has 0 saturated carbocycles. The highest BCUT2D eigenvalue weighted by atomic mass is 35.5. The number of halogens is 4. The van der Waals surface area contributed by atoms with Crippen molar-refractivity contribution >= 4 is 17.4 Å². The van der Waals surface area contributed by atoms with Gasteiger partial charge in [-0.3, -0.25) is 0 Å². The Kier molecular flexibility index (Phi) is 4.13. The molecule has 2 rings (SSSR count). The molecule has 0 aliphatic heterocycles. The Morgan fingerprint density at radius 1 is 1.15 bits per heavy atom. The van der Waals surface area contributed by atoms with Crippen LogP contribution >= 0.6 is 11.6 Å². The molecule has 2 aromatic rings. The number of nitrogens with zero attached hydrogens (tertiary/aromatic N) is 2. The number of aryl methyl sites for hydroxylation is 1. The summed E-state index contributed by atoms with van der Waals surface area (Å²) in [6.07, 6.45) is -4.48. The zero-order chi connectivity index (χ0) is 14.8. The van der Waals surface area contributed by atoms with Crippen LogP contribution in [0.15, 0.2) is 30.3 Å². The molecule has 0 spiro atoms. The van der Waals surface area contributed by atoms with E-state index in [0.29, 0.717) is 11.6 Å². The maximum Gasteiger partial charge on any atom is 0.433 e. The average molecular weight is 302 g/mol. The summed E-state index contributed by atoms with van der Waals surface area (Å²) in [6, 6.07) is 7.89. The number of benzene rings is 1. The van der Waals surface area contributed by atoms with Gasteiger partial charge in [-0.1, -0.05) is 23.7 Å². The first-order valence-corrected chi connectivity index (χ1v) is 6.13. The Morgan fingerprint density at radius 2 is 1.80 bits per heavy atom. The number of hydrogen-bond donors (Lipinski definition) is 1. The van der Waals surface area contributed by atoms with Gasteiger partial charge in [-0.15, -0.1) is 0 Å². The van der Waals surface area contributed by atoms with E-state index in [4.69, 9.17) is 11.6 Å². The monoisotopic (exact) mass is 301 g/mol. The lowest BCUT2D eigenvalue weighted by atomic mass is 10.2. The van der Waals surface area contributed by atoms with Crippen LogP contribution in [0.25, 0.3) is 0 Å². The molecule has 3 nitrogen and oxygen atoms in total. The lowest BCUT2D eigenvalue weighted by molar-refractivity contribution is -0.141. The Hall–Kier alpha value is -1.82. The Labute approximate surface area is 118 Å². The Morgan fingerprint density at radius 3 is 2.40 bits per heavy atom. The van der Waals surface area contributed by atoms with Gasteiger partial charge in [-0.2, -0.15) is 13.2 Å². The van der Waals surface area contributed by atoms with E-state index >= 15 is 0 Å². The van der Waals surface area contributed by atoms with Crippen molar-refractivity contribution in [3.63, 3.8) is 0 Å². The summed E-state index contributed by atoms with van der Waals surface area (Å²) < 4.78 is 37.9. The van der Waals surface area contributed by atoms with E-state index in [0.717, 1.165) is 11.6 Å². The molecule has 0 saturated heterocycles. The maximum atomic E-state index is 12.6. The highest BCUT2D eigenvalue weighted by Crippen LogP contribution is 2.28. The Balaban J connectivity index is 2.13. The van der Waals surface area contributed by atoms with Gasteiger partial charge in [0.05, 0.1) is 0 Å². The SMILES string of the molecule is Cc1nc(NCc2ccc(Cl)cc2)cc(C(F)(F)F)n1. The summed E-state index contributed by atoms with van der Waals surface area (Å²) >= 11 is 5.75. The number of anilines is 1. The fourth-order valence-electron chi connectivity index (χ4n) is 1.60. The lowest BCUT2D eigenvalue weighted by Gasteiger charge is -2.10. The lowest BCUT2D eigenvalue weighted by Crippen LogP contribution is -2.12. The topological polar surface area (TPSA) is 37.8 Å². The van der Waals surface area contributed by atoms with Gasteiger partial charge in [0.25, 0.3) is 0 Å². The normalized spacial score (nSPS) is 11.4. The van der Waals surface area contributed by atoms with Crippen molar-refractivity contribution in [2.24, 2.45) is 0 Å². The molecule has 0 bridgehead atoms. The van der Waals surface area contributed by atoms with Crippen LogP contribution in [0.5, 0.6) is 0 Å². The second kappa shape index (κ2) is 5.66. The molecule has 106 valence electrons. The van der Waals surface area contributed by atoms with Crippen LogP contribution in [0.2, 0.25) is 5.02 Å². The van der Waals surface area contributed by atoms with Gasteiger partial charge in [-0.25, -0.2) is 9.97 Å². The van der Waals surface area contributed by atoms with Gasteiger partial charge in [0, 0.05) is 17.6 Å². The molecule has 7 heteroatoms. The van der Waals surface area contributed by atoms with Gasteiger partial charge in [-0.05, 0) is 24.6 Å². The largest absolute Gasteiger partial charge is 0.433 e. The van der Waals surface area contributed by atoms with Crippen LogP contribution in [0.3, 0.4) is 0 Å². The predicted octanol–water partition coefficient (Wildman–Crippen LogP) is 4.07. The second-order valence-corrected chi connectivity index (χ2v) is 4.60. The van der Waals surface area contributed by atoms with Gasteiger partial charge in [0.2, 0.25) is 0 Å². The molecule has 0 aliphatic carbocycles. The molecule has 0 aliphatic rings. The minimum Gasteiger partial charge on any atom is -0.366 e. The maximum absolute atomic E-state index is 12.6. The Bertz CT molecular complexity index is 597. The molecule has 0 unspecified atom stereocenters. The number of rotatable bonds is 3. The zero-order valence-electron chi connectivity index (χ0n) is 10.5. The van der Waals surface area contributed by atoms with Crippen molar-refractivity contribution in [2.45, 2.75) is 19.6 Å². The van der Waals surface area contributed by atoms with Crippen molar-refractivity contribution < 1.29 is 13.2 Å². The van der Waals surface area contributed by atoms with Crippen LogP contribution in [0.1, 0.15) is 17.1 Å². The van der Waals surface area contributed by atoms with Crippen LogP contribution in [-0.4, -0.2) is 9.97 Å². The predicted molar refractivity (Wildman–Crippen MR) is 70.5 cm³/mol. The van der Waals surface area contributed by atoms with Gasteiger partial charge in [0.15, 0.2) is 0 Å². The van der Waals surface area contributed by atoms with Crippen LogP contribution in [0, 0.1) is 6.92 Å². The second-order valence-electron chi connectivity index (χ2n) is 4.16. The summed E-state index contributed by atoms with van der Waals surface area (Å²) in [7, 11) is 0. The third kappa shape index (κ3) is 3.84. The molecule has 1 N–H and O–H groups in total. The average Bonchev–Trinajstić information content (AvgIpc) is 2.36. The van der Waals surface area contributed by atoms with Crippen molar-refractivity contribution in [2.75, 3.05) is 5.32 Å². The zero-order valence-corrected chi connectivity index (χ0v) is 11.3. The molecular formula is C13H11ClF3N3. The third-order valence-corrected chi connectivity index (χ3v) is 2.77. The standard InChI is InChI=1S/C13H11ClF3N3/c1-8-19-11(13(15,16)17)6-12(20-8)18-7-9-2-4-10(14)5-3-9/h2-6H,7H2,1H3,(H,18,19,20). The van der Waals surface area contributed by atoms with E-state index in [1.54, 1.807) is 24.3 Å². The molecule has 0 atom stereocenters. The molecule has 1 aromatic heterocycles. The van der Waals surface area contributed by atoms with Crippen LogP contribution < -0.4 is 5.32 Å². The van der Waals surface area contributed by atoms with E-state index in [1.165, 1.54) is 6.92 Å². The van der Waals surface area contributed by atoms with E-state index in [2.05, 4.69) is 15.3 Å². The molecule has 20 heavy (non-hydrogen) atoms. The van der Waals surface area contributed by atoms with E-state index in [9.17, 15) is 13.2 Å². The molecular weight excluding hydrogens is 291 g/mol. The smallest absolute Gasteiger partial charge is 0.366 e. The summed E-state index contributed by atoms with van der Waals surface area (Å²) in [5, 5.41) is 3.44. The fraction of sp³-hybridized carbons (Fsp3) is 0.231. The van der Waals surface area contributed by atoms with Crippen molar-refractivity contribution in [1.29, 1.82) is 0 Å². The first-order chi connectivity index (χ1) is 9.34. The fourth-order valence-corrected chi connectivity index (χ4v) is 1.72. The number of nitrogens with one attached hydrogen (secondary N) is 1. The van der Waals surface area contributed by atoms with Crippen molar-refractivity contribution in [1.82, 2.24) is 9.97 Å². The van der Waals surface area contributed by atoms with Crippen LogP contribution in [0.4, 0.5) is 19.0 Å². The summed E-state index contributed by atoms with van der Waals surface area (Å²) in [4.78, 5) is 7.31. The quantitative estimate of drug-likeness (QED) is 0.928. The molecule has 0 radical (unpaired) electrons. The van der Waals surface area contributed by atoms with Crippen LogP contribution in [-0.2, 0) is 12.7 Å². The van der Waals surface area contributed by atoms with E-state index in [-0.39, 0.29) is 11.6 Å². The third-order valence-electron chi connectivity index (χ3n) is 2.52. The molecule has 1 aromatic carbocycles. The van der Waals surface area contributed by atoms with E-state index < -0.39 is 11.9 Å². The minimum atomic E-state index is -4.48.